The van der Waals surface area contributed by atoms with Gasteiger partial charge in [-0.1, -0.05) is 57.1 Å². The number of anilines is 1. The summed E-state index contributed by atoms with van der Waals surface area (Å²) in [5.74, 6) is 0. The van der Waals surface area contributed by atoms with Crippen molar-refractivity contribution in [2.75, 3.05) is 19.0 Å². The van der Waals surface area contributed by atoms with Crippen LogP contribution in [0.5, 0.6) is 0 Å². The molecule has 1 atom stereocenters. The summed E-state index contributed by atoms with van der Waals surface area (Å²) in [6, 6.07) is 19.2. The van der Waals surface area contributed by atoms with Gasteiger partial charge in [0.15, 0.2) is 0 Å². The Balaban J connectivity index is 2.28. The van der Waals surface area contributed by atoms with Crippen molar-refractivity contribution in [2.45, 2.75) is 0 Å². The Hall–Kier alpha value is -1.33. The van der Waals surface area contributed by atoms with Gasteiger partial charge in [-0.25, -0.2) is 0 Å². The van der Waals surface area contributed by atoms with Crippen molar-refractivity contribution in [1.82, 2.24) is 0 Å². The van der Waals surface area contributed by atoms with E-state index in [9.17, 15) is 0 Å². The Morgan fingerprint density at radius 2 is 1.44 bits per heavy atom. The van der Waals surface area contributed by atoms with Gasteiger partial charge < -0.3 is 4.90 Å². The van der Waals surface area contributed by atoms with Crippen LogP contribution in [0.25, 0.3) is 0 Å². The highest BCUT2D eigenvalue weighted by molar-refractivity contribution is 7.55. The predicted octanol–water partition coefficient (Wildman–Crippen LogP) is 2.38. The standard InChI is InChI=1S/C14H16NP/c1-15(2)13-10-6-7-11-14(13)16-12-8-4-3-5-9-12/h3-11,16H,1-2H3. The van der Waals surface area contributed by atoms with Crippen LogP contribution in [0, 0.1) is 0 Å². The first kappa shape index (κ1) is 11.2. The number of para-hydroxylation sites is 1. The van der Waals surface area contributed by atoms with Crippen molar-refractivity contribution in [3.63, 3.8) is 0 Å². The van der Waals surface area contributed by atoms with Crippen LogP contribution in [0.2, 0.25) is 0 Å². The van der Waals surface area contributed by atoms with Gasteiger partial charge in [0.25, 0.3) is 0 Å². The van der Waals surface area contributed by atoms with Gasteiger partial charge in [-0.15, -0.1) is 0 Å². The molecule has 0 spiro atoms. The fraction of sp³-hybridized carbons (Fsp3) is 0.143. The first-order chi connectivity index (χ1) is 7.77. The Bertz CT molecular complexity index is 451. The molecule has 0 bridgehead atoms. The van der Waals surface area contributed by atoms with Crippen LogP contribution in [-0.4, -0.2) is 14.1 Å². The van der Waals surface area contributed by atoms with E-state index in [1.165, 1.54) is 16.3 Å². The molecule has 0 aliphatic rings. The highest BCUT2D eigenvalue weighted by Gasteiger charge is 2.03. The minimum atomic E-state index is 0.727. The van der Waals surface area contributed by atoms with Gasteiger partial charge in [-0.3, -0.25) is 0 Å². The van der Waals surface area contributed by atoms with Crippen molar-refractivity contribution in [2.24, 2.45) is 0 Å². The molecule has 1 unspecified atom stereocenters. The molecular formula is C14H16NP. The van der Waals surface area contributed by atoms with Crippen molar-refractivity contribution < 1.29 is 0 Å². The number of hydrogen-bond donors (Lipinski definition) is 0. The van der Waals surface area contributed by atoms with Gasteiger partial charge in [0.05, 0.1) is 0 Å². The van der Waals surface area contributed by atoms with Gasteiger partial charge in [-0.2, -0.15) is 0 Å². The minimum Gasteiger partial charge on any atom is -0.377 e. The van der Waals surface area contributed by atoms with E-state index in [2.05, 4.69) is 73.6 Å². The summed E-state index contributed by atoms with van der Waals surface area (Å²) >= 11 is 0. The molecule has 0 saturated heterocycles. The molecule has 2 aromatic rings. The summed E-state index contributed by atoms with van der Waals surface area (Å²) in [7, 11) is 4.91. The summed E-state index contributed by atoms with van der Waals surface area (Å²) in [6.07, 6.45) is 0. The molecule has 2 rings (SSSR count). The average molecular weight is 229 g/mol. The van der Waals surface area contributed by atoms with Gasteiger partial charge in [0.2, 0.25) is 0 Å². The third kappa shape index (κ3) is 2.62. The molecule has 0 radical (unpaired) electrons. The van der Waals surface area contributed by atoms with Crippen LogP contribution in [-0.2, 0) is 0 Å². The van der Waals surface area contributed by atoms with E-state index in [4.69, 9.17) is 0 Å². The lowest BCUT2D eigenvalue weighted by Gasteiger charge is -2.17. The van der Waals surface area contributed by atoms with Crippen molar-refractivity contribution in [3.8, 4) is 0 Å². The Labute approximate surface area is 98.9 Å². The fourth-order valence-corrected chi connectivity index (χ4v) is 2.93. The summed E-state index contributed by atoms with van der Waals surface area (Å²) in [5.41, 5.74) is 1.31. The highest BCUT2D eigenvalue weighted by Crippen LogP contribution is 2.18. The second kappa shape index (κ2) is 5.14. The predicted molar refractivity (Wildman–Crippen MR) is 74.8 cm³/mol. The van der Waals surface area contributed by atoms with Crippen LogP contribution >= 0.6 is 8.58 Å². The van der Waals surface area contributed by atoms with Crippen LogP contribution < -0.4 is 15.5 Å². The zero-order valence-electron chi connectivity index (χ0n) is 9.64. The summed E-state index contributed by atoms with van der Waals surface area (Å²) in [6.45, 7) is 0. The van der Waals surface area contributed by atoms with E-state index in [-0.39, 0.29) is 0 Å². The quantitative estimate of drug-likeness (QED) is 0.730. The third-order valence-electron chi connectivity index (χ3n) is 2.44. The molecule has 0 aliphatic heterocycles. The molecule has 1 nitrogen and oxygen atoms in total. The van der Waals surface area contributed by atoms with Crippen molar-refractivity contribution in [3.05, 3.63) is 54.6 Å². The Morgan fingerprint density at radius 1 is 0.812 bits per heavy atom. The van der Waals surface area contributed by atoms with E-state index in [1.807, 2.05) is 0 Å². The molecule has 0 aliphatic carbocycles. The van der Waals surface area contributed by atoms with Crippen LogP contribution in [0.1, 0.15) is 0 Å². The van der Waals surface area contributed by atoms with E-state index in [0.29, 0.717) is 0 Å². The lowest BCUT2D eigenvalue weighted by atomic mass is 10.3. The Kier molecular flexibility index (Phi) is 3.58. The summed E-state index contributed by atoms with van der Waals surface area (Å²) < 4.78 is 0. The zero-order valence-corrected chi connectivity index (χ0v) is 10.6. The highest BCUT2D eigenvalue weighted by atomic mass is 31.1. The van der Waals surface area contributed by atoms with Gasteiger partial charge in [-0.05, 0) is 11.4 Å². The molecule has 2 aromatic carbocycles. The Morgan fingerprint density at radius 3 is 2.12 bits per heavy atom. The van der Waals surface area contributed by atoms with Gasteiger partial charge in [0, 0.05) is 25.1 Å². The summed E-state index contributed by atoms with van der Waals surface area (Å²) in [5, 5.41) is 2.79. The number of rotatable bonds is 3. The third-order valence-corrected chi connectivity index (χ3v) is 3.75. The largest absolute Gasteiger partial charge is 0.377 e. The first-order valence-electron chi connectivity index (χ1n) is 5.36. The molecule has 0 fully saturated rings. The molecule has 0 N–H and O–H groups in total. The average Bonchev–Trinajstić information content (AvgIpc) is 2.31. The fourth-order valence-electron chi connectivity index (χ4n) is 1.65. The smallest absolute Gasteiger partial charge is 0.0439 e. The second-order valence-corrected chi connectivity index (χ2v) is 5.27. The molecule has 0 amide bonds. The van der Waals surface area contributed by atoms with Crippen molar-refractivity contribution in [1.29, 1.82) is 0 Å². The van der Waals surface area contributed by atoms with E-state index < -0.39 is 0 Å². The maximum absolute atomic E-state index is 2.21. The zero-order chi connectivity index (χ0) is 11.4. The van der Waals surface area contributed by atoms with Gasteiger partial charge in [0.1, 0.15) is 0 Å². The maximum atomic E-state index is 2.21. The molecule has 0 aromatic heterocycles. The topological polar surface area (TPSA) is 3.24 Å². The number of hydrogen-bond acceptors (Lipinski definition) is 1. The first-order valence-corrected chi connectivity index (χ1v) is 6.36. The van der Waals surface area contributed by atoms with E-state index in [0.717, 1.165) is 8.58 Å². The van der Waals surface area contributed by atoms with Crippen LogP contribution in [0.15, 0.2) is 54.6 Å². The number of nitrogens with zero attached hydrogens (tertiary/aromatic N) is 1. The number of benzene rings is 2. The SMILES string of the molecule is CN(C)c1ccccc1Pc1ccccc1. The molecule has 2 heteroatoms. The molecule has 16 heavy (non-hydrogen) atoms. The summed E-state index contributed by atoms with van der Waals surface area (Å²) in [4.78, 5) is 2.17. The van der Waals surface area contributed by atoms with E-state index >= 15 is 0 Å². The molecule has 0 saturated carbocycles. The maximum Gasteiger partial charge on any atom is 0.0439 e. The van der Waals surface area contributed by atoms with Crippen LogP contribution in [0.3, 0.4) is 0 Å². The monoisotopic (exact) mass is 229 g/mol. The molecule has 82 valence electrons. The normalized spacial score (nSPS) is 10.9. The minimum absolute atomic E-state index is 0.727. The van der Waals surface area contributed by atoms with Gasteiger partial charge >= 0.3 is 0 Å². The van der Waals surface area contributed by atoms with Crippen molar-refractivity contribution >= 4 is 24.9 Å². The lowest BCUT2D eigenvalue weighted by molar-refractivity contribution is 1.14. The molecular weight excluding hydrogens is 213 g/mol. The van der Waals surface area contributed by atoms with E-state index in [1.54, 1.807) is 0 Å². The van der Waals surface area contributed by atoms with Crippen LogP contribution in [0.4, 0.5) is 5.69 Å². The lowest BCUT2D eigenvalue weighted by Crippen LogP contribution is -2.17. The molecule has 0 heterocycles. The second-order valence-electron chi connectivity index (χ2n) is 3.90.